The van der Waals surface area contributed by atoms with Crippen LogP contribution >= 0.6 is 0 Å². The molecule has 112 valence electrons. The molecule has 0 fully saturated rings. The Kier molecular flexibility index (Phi) is 4.65. The highest BCUT2D eigenvalue weighted by molar-refractivity contribution is 6.05. The highest BCUT2D eigenvalue weighted by atomic mass is 16.3. The summed E-state index contributed by atoms with van der Waals surface area (Å²) in [6.07, 6.45) is 0. The predicted molar refractivity (Wildman–Crippen MR) is 82.9 cm³/mol. The topological polar surface area (TPSA) is 65.7 Å². The number of aliphatic hydroxyl groups excluding tert-OH is 1. The normalized spacial score (nSPS) is 10.5. The zero-order chi connectivity index (χ0) is 15.4. The molecule has 5 heteroatoms. The maximum Gasteiger partial charge on any atom is 0.259 e. The molecule has 0 saturated heterocycles. The molecular formula is C16H20N2O3. The van der Waals surface area contributed by atoms with Crippen molar-refractivity contribution in [2.75, 3.05) is 30.4 Å². The largest absolute Gasteiger partial charge is 0.466 e. The van der Waals surface area contributed by atoms with E-state index in [-0.39, 0.29) is 12.5 Å². The highest BCUT2D eigenvalue weighted by Gasteiger charge is 2.13. The number of furan rings is 1. The van der Waals surface area contributed by atoms with Gasteiger partial charge in [0.2, 0.25) is 0 Å². The van der Waals surface area contributed by atoms with E-state index in [1.165, 1.54) is 0 Å². The Morgan fingerprint density at radius 2 is 1.95 bits per heavy atom. The van der Waals surface area contributed by atoms with Crippen LogP contribution in [0.4, 0.5) is 11.4 Å². The van der Waals surface area contributed by atoms with Crippen LogP contribution in [0.15, 0.2) is 34.7 Å². The van der Waals surface area contributed by atoms with Crippen LogP contribution in [0, 0.1) is 13.8 Å². The maximum atomic E-state index is 12.2. The van der Waals surface area contributed by atoms with Crippen LogP contribution in [0.2, 0.25) is 0 Å². The first-order valence-electron chi connectivity index (χ1n) is 6.81. The molecule has 2 aromatic rings. The minimum Gasteiger partial charge on any atom is -0.466 e. The lowest BCUT2D eigenvalue weighted by Gasteiger charge is -2.18. The van der Waals surface area contributed by atoms with Gasteiger partial charge in [0.15, 0.2) is 0 Å². The first-order valence-corrected chi connectivity index (χ1v) is 6.81. The van der Waals surface area contributed by atoms with E-state index in [1.54, 1.807) is 13.0 Å². The summed E-state index contributed by atoms with van der Waals surface area (Å²) < 4.78 is 5.36. The number of nitrogens with zero attached hydrogens (tertiary/aromatic N) is 1. The third-order valence-corrected chi connectivity index (χ3v) is 3.29. The van der Waals surface area contributed by atoms with Crippen molar-refractivity contribution in [3.8, 4) is 0 Å². The molecule has 0 aliphatic carbocycles. The second-order valence-electron chi connectivity index (χ2n) is 4.97. The van der Waals surface area contributed by atoms with E-state index in [0.29, 0.717) is 17.9 Å². The standard InChI is InChI=1S/C16H20N2O3/c1-11-10-15(12(2)21-11)16(20)17-13-4-6-14(7-5-13)18(3)8-9-19/h4-7,10,19H,8-9H2,1-3H3,(H,17,20). The van der Waals surface area contributed by atoms with Gasteiger partial charge >= 0.3 is 0 Å². The summed E-state index contributed by atoms with van der Waals surface area (Å²) in [5.41, 5.74) is 2.26. The average molecular weight is 288 g/mol. The van der Waals surface area contributed by atoms with E-state index in [9.17, 15) is 4.79 Å². The van der Waals surface area contributed by atoms with Crippen LogP contribution in [-0.4, -0.2) is 31.2 Å². The van der Waals surface area contributed by atoms with Gasteiger partial charge in [0.1, 0.15) is 11.5 Å². The van der Waals surface area contributed by atoms with Crippen molar-refractivity contribution in [1.82, 2.24) is 0 Å². The third kappa shape index (κ3) is 3.64. The third-order valence-electron chi connectivity index (χ3n) is 3.29. The zero-order valence-electron chi connectivity index (χ0n) is 12.5. The van der Waals surface area contributed by atoms with Gasteiger partial charge in [-0.05, 0) is 44.2 Å². The van der Waals surface area contributed by atoms with E-state index in [2.05, 4.69) is 5.32 Å². The quantitative estimate of drug-likeness (QED) is 0.887. The molecule has 0 aliphatic rings. The van der Waals surface area contributed by atoms with Crippen molar-refractivity contribution in [3.05, 3.63) is 47.4 Å². The van der Waals surface area contributed by atoms with Crippen LogP contribution in [0.3, 0.4) is 0 Å². The summed E-state index contributed by atoms with van der Waals surface area (Å²) in [7, 11) is 1.90. The Labute approximate surface area is 124 Å². The summed E-state index contributed by atoms with van der Waals surface area (Å²) in [6.45, 7) is 4.26. The molecule has 1 aromatic heterocycles. The Hall–Kier alpha value is -2.27. The van der Waals surface area contributed by atoms with E-state index < -0.39 is 0 Å². The van der Waals surface area contributed by atoms with Gasteiger partial charge in [-0.1, -0.05) is 0 Å². The number of anilines is 2. The van der Waals surface area contributed by atoms with Crippen LogP contribution in [0.25, 0.3) is 0 Å². The summed E-state index contributed by atoms with van der Waals surface area (Å²) in [5.74, 6) is 1.16. The molecule has 0 aliphatic heterocycles. The van der Waals surface area contributed by atoms with Crippen molar-refractivity contribution in [1.29, 1.82) is 0 Å². The molecule has 0 radical (unpaired) electrons. The molecule has 5 nitrogen and oxygen atoms in total. The minimum atomic E-state index is -0.180. The molecule has 0 bridgehead atoms. The molecule has 0 unspecified atom stereocenters. The number of nitrogens with one attached hydrogen (secondary N) is 1. The number of rotatable bonds is 5. The van der Waals surface area contributed by atoms with Gasteiger partial charge in [-0.25, -0.2) is 0 Å². The van der Waals surface area contributed by atoms with Crippen LogP contribution in [-0.2, 0) is 0 Å². The maximum absolute atomic E-state index is 12.2. The summed E-state index contributed by atoms with van der Waals surface area (Å²) in [5, 5.41) is 11.8. The summed E-state index contributed by atoms with van der Waals surface area (Å²) >= 11 is 0. The van der Waals surface area contributed by atoms with Crippen molar-refractivity contribution >= 4 is 17.3 Å². The Morgan fingerprint density at radius 1 is 1.29 bits per heavy atom. The number of hydrogen-bond donors (Lipinski definition) is 2. The lowest BCUT2D eigenvalue weighted by Crippen LogP contribution is -2.21. The number of carbonyl (C=O) groups excluding carboxylic acids is 1. The average Bonchev–Trinajstić information content (AvgIpc) is 2.79. The molecule has 0 saturated carbocycles. The molecule has 1 aromatic carbocycles. The van der Waals surface area contributed by atoms with Crippen molar-refractivity contribution in [2.45, 2.75) is 13.8 Å². The van der Waals surface area contributed by atoms with Crippen molar-refractivity contribution in [2.24, 2.45) is 0 Å². The molecule has 0 atom stereocenters. The van der Waals surface area contributed by atoms with Gasteiger partial charge in [-0.3, -0.25) is 4.79 Å². The summed E-state index contributed by atoms with van der Waals surface area (Å²) in [4.78, 5) is 14.1. The summed E-state index contributed by atoms with van der Waals surface area (Å²) in [6, 6.07) is 9.21. The van der Waals surface area contributed by atoms with Crippen molar-refractivity contribution in [3.63, 3.8) is 0 Å². The lowest BCUT2D eigenvalue weighted by atomic mass is 10.2. The lowest BCUT2D eigenvalue weighted by molar-refractivity contribution is 0.102. The fraction of sp³-hybridized carbons (Fsp3) is 0.312. The Bertz CT molecular complexity index is 617. The zero-order valence-corrected chi connectivity index (χ0v) is 12.5. The smallest absolute Gasteiger partial charge is 0.259 e. The second kappa shape index (κ2) is 6.45. The first kappa shape index (κ1) is 15.1. The number of aryl methyl sites for hydroxylation is 2. The number of hydrogen-bond acceptors (Lipinski definition) is 4. The van der Waals surface area contributed by atoms with Gasteiger partial charge in [-0.15, -0.1) is 0 Å². The number of aliphatic hydroxyl groups is 1. The number of amides is 1. The molecule has 0 spiro atoms. The van der Waals surface area contributed by atoms with Gasteiger partial charge < -0.3 is 19.7 Å². The highest BCUT2D eigenvalue weighted by Crippen LogP contribution is 2.19. The Balaban J connectivity index is 2.06. The first-order chi connectivity index (χ1) is 10.0. The van der Waals surface area contributed by atoms with E-state index in [1.807, 2.05) is 43.1 Å². The van der Waals surface area contributed by atoms with Gasteiger partial charge in [0, 0.05) is 25.0 Å². The van der Waals surface area contributed by atoms with Crippen molar-refractivity contribution < 1.29 is 14.3 Å². The molecule has 1 amide bonds. The SMILES string of the molecule is Cc1cc(C(=O)Nc2ccc(N(C)CCO)cc2)c(C)o1. The fourth-order valence-electron chi connectivity index (χ4n) is 2.13. The number of carbonyl (C=O) groups is 1. The van der Waals surface area contributed by atoms with Crippen LogP contribution in [0.5, 0.6) is 0 Å². The number of benzene rings is 1. The predicted octanol–water partition coefficient (Wildman–Crippen LogP) is 2.58. The molecule has 1 heterocycles. The monoisotopic (exact) mass is 288 g/mol. The van der Waals surface area contributed by atoms with E-state index >= 15 is 0 Å². The van der Waals surface area contributed by atoms with Crippen LogP contribution in [0.1, 0.15) is 21.9 Å². The minimum absolute atomic E-state index is 0.105. The van der Waals surface area contributed by atoms with E-state index in [0.717, 1.165) is 17.1 Å². The molecular weight excluding hydrogens is 268 g/mol. The van der Waals surface area contributed by atoms with Crippen LogP contribution < -0.4 is 10.2 Å². The van der Waals surface area contributed by atoms with Gasteiger partial charge in [0.25, 0.3) is 5.91 Å². The van der Waals surface area contributed by atoms with Gasteiger partial charge in [-0.2, -0.15) is 0 Å². The molecule has 2 rings (SSSR count). The van der Waals surface area contributed by atoms with Gasteiger partial charge in [0.05, 0.1) is 12.2 Å². The Morgan fingerprint density at radius 3 is 2.48 bits per heavy atom. The fourth-order valence-corrected chi connectivity index (χ4v) is 2.13. The van der Waals surface area contributed by atoms with E-state index in [4.69, 9.17) is 9.52 Å². The molecule has 2 N–H and O–H groups in total. The second-order valence-corrected chi connectivity index (χ2v) is 4.97. The number of likely N-dealkylation sites (N-methyl/N-ethyl adjacent to an activating group) is 1. The molecule has 21 heavy (non-hydrogen) atoms.